The molecule has 0 fully saturated rings. The van der Waals surface area contributed by atoms with Gasteiger partial charge >= 0.3 is 5.97 Å². The third-order valence-corrected chi connectivity index (χ3v) is 2.27. The van der Waals surface area contributed by atoms with Crippen molar-refractivity contribution in [3.63, 3.8) is 0 Å². The maximum atomic E-state index is 11.5. The molecule has 0 saturated carbocycles. The Labute approximate surface area is 99.8 Å². The molecule has 0 aliphatic heterocycles. The smallest absolute Gasteiger partial charge is 0.326 e. The highest BCUT2D eigenvalue weighted by atomic mass is 16.4. The van der Waals surface area contributed by atoms with Crippen molar-refractivity contribution < 1.29 is 14.7 Å². The molecule has 92 valence electrons. The molecule has 5 nitrogen and oxygen atoms in total. The first kappa shape index (κ1) is 13.0. The molecule has 0 saturated heterocycles. The van der Waals surface area contributed by atoms with Crippen molar-refractivity contribution in [3.8, 4) is 0 Å². The Balaban J connectivity index is 2.37. The van der Waals surface area contributed by atoms with Gasteiger partial charge in [-0.05, 0) is 18.6 Å². The average Bonchev–Trinajstić information content (AvgIpc) is 2.34. The number of aliphatic carboxylic acids is 1. The van der Waals surface area contributed by atoms with E-state index in [0.717, 1.165) is 5.69 Å². The second kappa shape index (κ2) is 6.52. The van der Waals surface area contributed by atoms with E-state index in [0.29, 0.717) is 6.42 Å². The maximum Gasteiger partial charge on any atom is 0.326 e. The fourth-order valence-corrected chi connectivity index (χ4v) is 1.32. The fraction of sp³-hybridized carbons (Fsp3) is 0.333. The van der Waals surface area contributed by atoms with Crippen molar-refractivity contribution in [1.29, 1.82) is 0 Å². The lowest BCUT2D eigenvalue weighted by Gasteiger charge is -2.12. The van der Waals surface area contributed by atoms with Gasteiger partial charge in [-0.3, -0.25) is 4.79 Å². The minimum absolute atomic E-state index is 0.0633. The van der Waals surface area contributed by atoms with Gasteiger partial charge in [0.2, 0.25) is 5.91 Å². The van der Waals surface area contributed by atoms with E-state index >= 15 is 0 Å². The first-order chi connectivity index (χ1) is 8.13. The van der Waals surface area contributed by atoms with Gasteiger partial charge in [0, 0.05) is 5.69 Å². The van der Waals surface area contributed by atoms with Crippen molar-refractivity contribution in [3.05, 3.63) is 30.3 Å². The lowest BCUT2D eigenvalue weighted by Crippen LogP contribution is -2.42. The molecule has 0 aliphatic carbocycles. The van der Waals surface area contributed by atoms with Gasteiger partial charge in [-0.1, -0.05) is 25.1 Å². The number of carbonyl (C=O) groups excluding carboxylic acids is 1. The van der Waals surface area contributed by atoms with Gasteiger partial charge in [0.05, 0.1) is 6.54 Å². The van der Waals surface area contributed by atoms with Crippen LogP contribution >= 0.6 is 0 Å². The summed E-state index contributed by atoms with van der Waals surface area (Å²) >= 11 is 0. The number of rotatable bonds is 6. The molecule has 0 aromatic heterocycles. The van der Waals surface area contributed by atoms with Gasteiger partial charge in [-0.15, -0.1) is 0 Å². The Bertz CT molecular complexity index is 379. The number of carboxylic acids is 1. The second-order valence-electron chi connectivity index (χ2n) is 3.59. The third kappa shape index (κ3) is 4.55. The number of benzene rings is 1. The van der Waals surface area contributed by atoms with Gasteiger partial charge in [-0.2, -0.15) is 0 Å². The Morgan fingerprint density at radius 2 is 1.94 bits per heavy atom. The summed E-state index contributed by atoms with van der Waals surface area (Å²) in [6.45, 7) is 1.78. The summed E-state index contributed by atoms with van der Waals surface area (Å²) in [5, 5.41) is 14.1. The van der Waals surface area contributed by atoms with E-state index in [9.17, 15) is 9.59 Å². The minimum Gasteiger partial charge on any atom is -0.480 e. The second-order valence-corrected chi connectivity index (χ2v) is 3.59. The van der Waals surface area contributed by atoms with E-state index in [1.807, 2.05) is 30.3 Å². The van der Waals surface area contributed by atoms with E-state index in [4.69, 9.17) is 5.11 Å². The highest BCUT2D eigenvalue weighted by Gasteiger charge is 2.16. The molecule has 0 heterocycles. The van der Waals surface area contributed by atoms with Crippen LogP contribution in [0.1, 0.15) is 13.3 Å². The average molecular weight is 236 g/mol. The summed E-state index contributed by atoms with van der Waals surface area (Å²) in [6, 6.07) is 8.44. The van der Waals surface area contributed by atoms with E-state index in [1.165, 1.54) is 0 Å². The standard InChI is InChI=1S/C12H16N2O3/c1-2-10(12(16)17)14-11(15)8-13-9-6-4-3-5-7-9/h3-7,10,13H,2,8H2,1H3,(H,14,15)(H,16,17)/t10-/m1/s1. The minimum atomic E-state index is -1.01. The molecule has 0 radical (unpaired) electrons. The molecule has 17 heavy (non-hydrogen) atoms. The first-order valence-corrected chi connectivity index (χ1v) is 5.44. The number of hydrogen-bond acceptors (Lipinski definition) is 3. The number of hydrogen-bond donors (Lipinski definition) is 3. The predicted molar refractivity (Wildman–Crippen MR) is 64.8 cm³/mol. The van der Waals surface area contributed by atoms with Crippen LogP contribution in [0, 0.1) is 0 Å². The zero-order valence-electron chi connectivity index (χ0n) is 9.64. The Morgan fingerprint density at radius 3 is 2.47 bits per heavy atom. The summed E-state index contributed by atoms with van der Waals surface area (Å²) in [5.74, 6) is -1.34. The Morgan fingerprint density at radius 1 is 1.29 bits per heavy atom. The molecular formula is C12H16N2O3. The van der Waals surface area contributed by atoms with Crippen molar-refractivity contribution in [2.75, 3.05) is 11.9 Å². The van der Waals surface area contributed by atoms with Gasteiger partial charge in [0.1, 0.15) is 6.04 Å². The molecule has 0 bridgehead atoms. The SMILES string of the molecule is CC[C@@H](NC(=O)CNc1ccccc1)C(=O)O. The molecule has 1 aromatic carbocycles. The predicted octanol–water partition coefficient (Wildman–Crippen LogP) is 1.08. The topological polar surface area (TPSA) is 78.4 Å². The summed E-state index contributed by atoms with van der Waals surface area (Å²) in [7, 11) is 0. The number of carboxylic acid groups (broad SMARTS) is 1. The van der Waals surface area contributed by atoms with Crippen LogP contribution in [0.4, 0.5) is 5.69 Å². The summed E-state index contributed by atoms with van der Waals surface area (Å²) in [4.78, 5) is 22.2. The normalized spacial score (nSPS) is 11.6. The Kier molecular flexibility index (Phi) is 5.00. The molecule has 0 aliphatic rings. The molecule has 1 aromatic rings. The number of carbonyl (C=O) groups is 2. The zero-order valence-corrected chi connectivity index (χ0v) is 9.64. The zero-order chi connectivity index (χ0) is 12.7. The van der Waals surface area contributed by atoms with Crippen LogP contribution in [-0.2, 0) is 9.59 Å². The van der Waals surface area contributed by atoms with Crippen molar-refractivity contribution in [2.45, 2.75) is 19.4 Å². The van der Waals surface area contributed by atoms with Crippen LogP contribution in [0.15, 0.2) is 30.3 Å². The summed E-state index contributed by atoms with van der Waals surface area (Å²) < 4.78 is 0. The van der Waals surface area contributed by atoms with Crippen LogP contribution in [0.2, 0.25) is 0 Å². The molecule has 0 spiro atoms. The van der Waals surface area contributed by atoms with Crippen molar-refractivity contribution in [2.24, 2.45) is 0 Å². The monoisotopic (exact) mass is 236 g/mol. The van der Waals surface area contributed by atoms with Crippen molar-refractivity contribution >= 4 is 17.6 Å². The van der Waals surface area contributed by atoms with Crippen LogP contribution in [-0.4, -0.2) is 29.6 Å². The Hall–Kier alpha value is -2.04. The van der Waals surface area contributed by atoms with Crippen molar-refractivity contribution in [1.82, 2.24) is 5.32 Å². The molecule has 3 N–H and O–H groups in total. The molecule has 5 heteroatoms. The van der Waals surface area contributed by atoms with Gasteiger partial charge in [-0.25, -0.2) is 4.79 Å². The van der Waals surface area contributed by atoms with E-state index in [1.54, 1.807) is 6.92 Å². The van der Waals surface area contributed by atoms with Gasteiger partial charge < -0.3 is 15.7 Å². The fourth-order valence-electron chi connectivity index (χ4n) is 1.32. The highest BCUT2D eigenvalue weighted by molar-refractivity contribution is 5.86. The van der Waals surface area contributed by atoms with E-state index in [-0.39, 0.29) is 12.5 Å². The summed E-state index contributed by atoms with van der Waals surface area (Å²) in [5.41, 5.74) is 0.825. The number of nitrogens with one attached hydrogen (secondary N) is 2. The van der Waals surface area contributed by atoms with Crippen LogP contribution in [0.3, 0.4) is 0 Å². The van der Waals surface area contributed by atoms with Gasteiger partial charge in [0.25, 0.3) is 0 Å². The molecule has 1 amide bonds. The van der Waals surface area contributed by atoms with Gasteiger partial charge in [0.15, 0.2) is 0 Å². The molecular weight excluding hydrogens is 220 g/mol. The number of anilines is 1. The quantitative estimate of drug-likeness (QED) is 0.690. The van der Waals surface area contributed by atoms with Crippen LogP contribution < -0.4 is 10.6 Å². The molecule has 0 unspecified atom stereocenters. The van der Waals surface area contributed by atoms with Crippen LogP contribution in [0.25, 0.3) is 0 Å². The van der Waals surface area contributed by atoms with Crippen LogP contribution in [0.5, 0.6) is 0 Å². The lowest BCUT2D eigenvalue weighted by molar-refractivity contribution is -0.141. The molecule has 1 atom stereocenters. The summed E-state index contributed by atoms with van der Waals surface area (Å²) in [6.07, 6.45) is 0.367. The van der Waals surface area contributed by atoms with E-state index in [2.05, 4.69) is 10.6 Å². The number of amides is 1. The maximum absolute atomic E-state index is 11.5. The highest BCUT2D eigenvalue weighted by Crippen LogP contribution is 2.03. The number of para-hydroxylation sites is 1. The largest absolute Gasteiger partial charge is 0.480 e. The third-order valence-electron chi connectivity index (χ3n) is 2.27. The van der Waals surface area contributed by atoms with E-state index < -0.39 is 12.0 Å². The first-order valence-electron chi connectivity index (χ1n) is 5.44. The molecule has 1 rings (SSSR count). The lowest BCUT2D eigenvalue weighted by atomic mass is 10.2.